The van der Waals surface area contributed by atoms with Gasteiger partial charge in [-0.3, -0.25) is 0 Å². The number of rotatable bonds is 10. The zero-order valence-electron chi connectivity index (χ0n) is 26.0. The van der Waals surface area contributed by atoms with Gasteiger partial charge in [0.15, 0.2) is 6.29 Å². The maximum atomic E-state index is 13.9. The molecular formula is C33H42FN3O5S. The van der Waals surface area contributed by atoms with Gasteiger partial charge >= 0.3 is 0 Å². The highest BCUT2D eigenvalue weighted by molar-refractivity contribution is 7.92. The van der Waals surface area contributed by atoms with E-state index in [1.807, 2.05) is 77.1 Å². The number of halogens is 1. The molecule has 3 atom stereocenters. The first kappa shape index (κ1) is 32.7. The summed E-state index contributed by atoms with van der Waals surface area (Å²) in [6.07, 6.45) is 5.29. The SMILES string of the molecule is CC(C)c1nc(N(C)S(C)(=O)=O)nc(-c2ccc(F)cc2)c1/C=C/[C@H]1C[C@H](OCc2ccccc2)CC(OC(C)(C)C)O1. The average molecular weight is 612 g/mol. The Balaban J connectivity index is 1.71. The molecule has 10 heteroatoms. The molecule has 1 aliphatic rings. The molecule has 1 fully saturated rings. The molecule has 43 heavy (non-hydrogen) atoms. The minimum Gasteiger partial charge on any atom is -0.373 e. The van der Waals surface area contributed by atoms with Gasteiger partial charge < -0.3 is 14.2 Å². The molecule has 1 unspecified atom stereocenters. The van der Waals surface area contributed by atoms with Crippen LogP contribution >= 0.6 is 0 Å². The van der Waals surface area contributed by atoms with Crippen LogP contribution in [0.5, 0.6) is 0 Å². The van der Waals surface area contributed by atoms with E-state index in [1.165, 1.54) is 19.2 Å². The molecule has 2 aromatic carbocycles. The maximum absolute atomic E-state index is 13.9. The molecule has 0 amide bonds. The number of sulfonamides is 1. The van der Waals surface area contributed by atoms with Crippen molar-refractivity contribution >= 4 is 22.0 Å². The summed E-state index contributed by atoms with van der Waals surface area (Å²) in [4.78, 5) is 9.33. The van der Waals surface area contributed by atoms with E-state index in [1.54, 1.807) is 12.1 Å². The molecule has 0 N–H and O–H groups in total. The van der Waals surface area contributed by atoms with Crippen LogP contribution < -0.4 is 4.31 Å². The molecule has 3 aromatic rings. The Morgan fingerprint density at radius 1 is 1.07 bits per heavy atom. The van der Waals surface area contributed by atoms with Gasteiger partial charge in [0.05, 0.1) is 42.1 Å². The van der Waals surface area contributed by atoms with Crippen molar-refractivity contribution < 1.29 is 27.0 Å². The van der Waals surface area contributed by atoms with Crippen LogP contribution in [-0.2, 0) is 30.8 Å². The van der Waals surface area contributed by atoms with E-state index in [9.17, 15) is 12.8 Å². The molecule has 1 aliphatic heterocycles. The number of nitrogens with zero attached hydrogens (tertiary/aromatic N) is 3. The van der Waals surface area contributed by atoms with Crippen molar-refractivity contribution in [3.63, 3.8) is 0 Å². The van der Waals surface area contributed by atoms with Crippen LogP contribution in [0.1, 0.15) is 70.2 Å². The highest BCUT2D eigenvalue weighted by atomic mass is 32.2. The summed E-state index contributed by atoms with van der Waals surface area (Å²) in [5.74, 6) is -0.404. The first-order valence-corrected chi connectivity index (χ1v) is 16.3. The Morgan fingerprint density at radius 3 is 2.35 bits per heavy atom. The predicted octanol–water partition coefficient (Wildman–Crippen LogP) is 6.72. The minimum atomic E-state index is -3.62. The Bertz CT molecular complexity index is 1510. The zero-order chi connectivity index (χ0) is 31.4. The van der Waals surface area contributed by atoms with E-state index in [0.29, 0.717) is 42.0 Å². The lowest BCUT2D eigenvalue weighted by atomic mass is 9.96. The Morgan fingerprint density at radius 2 is 1.74 bits per heavy atom. The molecule has 1 saturated heterocycles. The van der Waals surface area contributed by atoms with Crippen molar-refractivity contribution in [3.05, 3.63) is 83.3 Å². The van der Waals surface area contributed by atoms with Crippen LogP contribution in [0, 0.1) is 5.82 Å². The fourth-order valence-corrected chi connectivity index (χ4v) is 5.17. The van der Waals surface area contributed by atoms with Crippen LogP contribution in [-0.4, -0.2) is 55.8 Å². The Labute approximate surface area is 255 Å². The molecule has 0 radical (unpaired) electrons. The van der Waals surface area contributed by atoms with Crippen molar-refractivity contribution in [3.8, 4) is 11.3 Å². The average Bonchev–Trinajstić information content (AvgIpc) is 2.93. The summed E-state index contributed by atoms with van der Waals surface area (Å²) < 4.78 is 58.6. The fraction of sp³-hybridized carbons (Fsp3) is 0.455. The lowest BCUT2D eigenvalue weighted by Gasteiger charge is -2.37. The molecule has 8 nitrogen and oxygen atoms in total. The Kier molecular flexibility index (Phi) is 10.4. The summed E-state index contributed by atoms with van der Waals surface area (Å²) in [6, 6.07) is 16.0. The molecule has 0 spiro atoms. The topological polar surface area (TPSA) is 90.9 Å². The first-order valence-electron chi connectivity index (χ1n) is 14.5. The van der Waals surface area contributed by atoms with E-state index >= 15 is 0 Å². The number of hydrogen-bond acceptors (Lipinski definition) is 7. The van der Waals surface area contributed by atoms with Gasteiger partial charge in [-0.2, -0.15) is 0 Å². The molecule has 232 valence electrons. The highest BCUT2D eigenvalue weighted by Crippen LogP contribution is 2.33. The number of aromatic nitrogens is 2. The van der Waals surface area contributed by atoms with Gasteiger partial charge in [0.2, 0.25) is 16.0 Å². The number of anilines is 1. The third kappa shape index (κ3) is 9.15. The second-order valence-electron chi connectivity index (χ2n) is 12.1. The van der Waals surface area contributed by atoms with Crippen molar-refractivity contribution in [1.29, 1.82) is 0 Å². The van der Waals surface area contributed by atoms with Gasteiger partial charge in [-0.1, -0.05) is 56.3 Å². The second kappa shape index (κ2) is 13.6. The van der Waals surface area contributed by atoms with Gasteiger partial charge in [-0.25, -0.2) is 27.1 Å². The normalized spacial score (nSPS) is 19.7. The first-order chi connectivity index (χ1) is 20.2. The zero-order valence-corrected chi connectivity index (χ0v) is 26.8. The third-order valence-corrected chi connectivity index (χ3v) is 8.13. The summed E-state index contributed by atoms with van der Waals surface area (Å²) in [5, 5.41) is 0. The standard InChI is InChI=1S/C33H42FN3O5S/c1-22(2)30-28(31(24-13-15-25(34)16-14-24)36-32(35-30)37(6)43(7,38)39)18-17-26-19-27(20-29(41-26)42-33(3,4)5)40-21-23-11-9-8-10-12-23/h8-18,22,26-27,29H,19-21H2,1-7H3/b18-17+/t26-,27-,29?/m0/s1. The smallest absolute Gasteiger partial charge is 0.239 e. The van der Waals surface area contributed by atoms with Gasteiger partial charge in [0.25, 0.3) is 0 Å². The largest absolute Gasteiger partial charge is 0.373 e. The summed E-state index contributed by atoms with van der Waals surface area (Å²) in [5.41, 5.74) is 3.18. The molecule has 2 heterocycles. The summed E-state index contributed by atoms with van der Waals surface area (Å²) in [7, 11) is -2.20. The number of hydrogen-bond donors (Lipinski definition) is 0. The van der Waals surface area contributed by atoms with E-state index in [2.05, 4.69) is 9.97 Å². The summed E-state index contributed by atoms with van der Waals surface area (Å²) >= 11 is 0. The second-order valence-corrected chi connectivity index (χ2v) is 14.2. The summed E-state index contributed by atoms with van der Waals surface area (Å²) in [6.45, 7) is 10.4. The van der Waals surface area contributed by atoms with Crippen LogP contribution in [0.2, 0.25) is 0 Å². The van der Waals surface area contributed by atoms with E-state index in [4.69, 9.17) is 14.2 Å². The van der Waals surface area contributed by atoms with Crippen LogP contribution in [0.15, 0.2) is 60.7 Å². The van der Waals surface area contributed by atoms with Gasteiger partial charge in [-0.15, -0.1) is 0 Å². The van der Waals surface area contributed by atoms with Crippen molar-refractivity contribution in [1.82, 2.24) is 9.97 Å². The van der Waals surface area contributed by atoms with Crippen molar-refractivity contribution in [2.24, 2.45) is 0 Å². The van der Waals surface area contributed by atoms with Crippen LogP contribution in [0.25, 0.3) is 17.3 Å². The van der Waals surface area contributed by atoms with E-state index in [-0.39, 0.29) is 29.9 Å². The molecule has 4 rings (SSSR count). The lowest BCUT2D eigenvalue weighted by Crippen LogP contribution is -2.41. The molecular weight excluding hydrogens is 569 g/mol. The Hall–Kier alpha value is -3.18. The number of benzene rings is 2. The monoisotopic (exact) mass is 611 g/mol. The van der Waals surface area contributed by atoms with E-state index in [0.717, 1.165) is 16.1 Å². The van der Waals surface area contributed by atoms with Crippen molar-refractivity contribution in [2.45, 2.75) is 84.1 Å². The molecule has 1 aromatic heterocycles. The fourth-order valence-electron chi connectivity index (χ4n) is 4.79. The van der Waals surface area contributed by atoms with Crippen LogP contribution in [0.4, 0.5) is 10.3 Å². The van der Waals surface area contributed by atoms with Crippen molar-refractivity contribution in [2.75, 3.05) is 17.6 Å². The third-order valence-electron chi connectivity index (χ3n) is 6.98. The quantitative estimate of drug-likeness (QED) is 0.251. The maximum Gasteiger partial charge on any atom is 0.239 e. The predicted molar refractivity (Wildman–Crippen MR) is 168 cm³/mol. The van der Waals surface area contributed by atoms with Gasteiger partial charge in [-0.05, 0) is 56.5 Å². The molecule has 0 saturated carbocycles. The lowest BCUT2D eigenvalue weighted by molar-refractivity contribution is -0.246. The highest BCUT2D eigenvalue weighted by Gasteiger charge is 2.32. The minimum absolute atomic E-state index is 0.0459. The van der Waals surface area contributed by atoms with Crippen LogP contribution in [0.3, 0.4) is 0 Å². The van der Waals surface area contributed by atoms with Gasteiger partial charge in [0, 0.05) is 31.0 Å². The number of ether oxygens (including phenoxy) is 3. The molecule has 0 aliphatic carbocycles. The van der Waals surface area contributed by atoms with Gasteiger partial charge in [0.1, 0.15) is 5.82 Å². The molecule has 0 bridgehead atoms. The van der Waals surface area contributed by atoms with E-state index < -0.39 is 21.9 Å².